The van der Waals surface area contributed by atoms with Crippen LogP contribution in [0.5, 0.6) is 0 Å². The minimum Gasteiger partial charge on any atom is -0.494 e. The molecule has 0 saturated heterocycles. The molecule has 3 N–H and O–H groups in total. The van der Waals surface area contributed by atoms with Crippen LogP contribution < -0.4 is 11.1 Å². The predicted molar refractivity (Wildman–Crippen MR) is 51.2 cm³/mol. The van der Waals surface area contributed by atoms with E-state index in [1.165, 1.54) is 6.26 Å². The first-order valence-electron chi connectivity index (χ1n) is 4.42. The van der Waals surface area contributed by atoms with Crippen molar-refractivity contribution >= 4 is 5.91 Å². The van der Waals surface area contributed by atoms with Crippen molar-refractivity contribution < 1.29 is 14.3 Å². The second-order valence-corrected chi connectivity index (χ2v) is 2.62. The lowest BCUT2D eigenvalue weighted by atomic mass is 10.4. The van der Waals surface area contributed by atoms with Crippen LogP contribution in [0.2, 0.25) is 0 Å². The average Bonchev–Trinajstić information content (AvgIpc) is 2.25. The first kappa shape index (κ1) is 10.6. The molecule has 14 heavy (non-hydrogen) atoms. The average molecular weight is 198 g/mol. The number of carbonyl (C=O) groups excluding carboxylic acids is 1. The van der Waals surface area contributed by atoms with Crippen molar-refractivity contribution in [3.8, 4) is 0 Å². The van der Waals surface area contributed by atoms with Gasteiger partial charge in [-0.2, -0.15) is 0 Å². The van der Waals surface area contributed by atoms with E-state index in [-0.39, 0.29) is 11.7 Å². The molecule has 0 aromatic heterocycles. The Morgan fingerprint density at radius 2 is 2.43 bits per heavy atom. The van der Waals surface area contributed by atoms with Gasteiger partial charge < -0.3 is 20.5 Å². The van der Waals surface area contributed by atoms with Crippen LogP contribution in [0.25, 0.3) is 0 Å². The predicted octanol–water partition coefficient (Wildman–Crippen LogP) is -0.494. The van der Waals surface area contributed by atoms with E-state index in [9.17, 15) is 4.79 Å². The van der Waals surface area contributed by atoms with Crippen LogP contribution in [-0.4, -0.2) is 32.2 Å². The van der Waals surface area contributed by atoms with Gasteiger partial charge in [0.05, 0.1) is 0 Å². The molecular formula is C9H14N2O3. The lowest BCUT2D eigenvalue weighted by molar-refractivity contribution is -0.122. The SMILES string of the molecule is NC/C=C/CNC(=O)C1=COCCO1. The summed E-state index contributed by atoms with van der Waals surface area (Å²) in [4.78, 5) is 11.3. The summed E-state index contributed by atoms with van der Waals surface area (Å²) in [7, 11) is 0. The van der Waals surface area contributed by atoms with E-state index < -0.39 is 0 Å². The number of nitrogens with two attached hydrogens (primary N) is 1. The standard InChI is InChI=1S/C9H14N2O3/c10-3-1-2-4-11-9(12)8-7-13-5-6-14-8/h1-2,7H,3-6,10H2,(H,11,12)/b2-1+. The highest BCUT2D eigenvalue weighted by molar-refractivity contribution is 5.91. The minimum absolute atomic E-state index is 0.220. The lowest BCUT2D eigenvalue weighted by Gasteiger charge is -2.14. The zero-order valence-corrected chi connectivity index (χ0v) is 7.86. The molecule has 0 aromatic rings. The second-order valence-electron chi connectivity index (χ2n) is 2.62. The summed E-state index contributed by atoms with van der Waals surface area (Å²) in [6.45, 7) is 1.82. The van der Waals surface area contributed by atoms with Crippen LogP contribution in [-0.2, 0) is 14.3 Å². The molecule has 1 amide bonds. The molecule has 1 aliphatic rings. The van der Waals surface area contributed by atoms with Gasteiger partial charge in [-0.3, -0.25) is 4.79 Å². The topological polar surface area (TPSA) is 73.6 Å². The lowest BCUT2D eigenvalue weighted by Crippen LogP contribution is -2.28. The van der Waals surface area contributed by atoms with Crippen molar-refractivity contribution in [2.45, 2.75) is 0 Å². The summed E-state index contributed by atoms with van der Waals surface area (Å²) in [6.07, 6.45) is 4.88. The highest BCUT2D eigenvalue weighted by Crippen LogP contribution is 2.03. The molecule has 78 valence electrons. The number of carbonyl (C=O) groups is 1. The van der Waals surface area contributed by atoms with Gasteiger partial charge in [0.1, 0.15) is 19.5 Å². The first-order chi connectivity index (χ1) is 6.84. The minimum atomic E-state index is -0.272. The molecule has 0 spiro atoms. The summed E-state index contributed by atoms with van der Waals surface area (Å²) in [6, 6.07) is 0. The van der Waals surface area contributed by atoms with E-state index in [4.69, 9.17) is 15.2 Å². The van der Waals surface area contributed by atoms with Gasteiger partial charge in [0.25, 0.3) is 5.91 Å². The van der Waals surface area contributed by atoms with Gasteiger partial charge in [0.2, 0.25) is 5.76 Å². The molecule has 5 heteroatoms. The van der Waals surface area contributed by atoms with Gasteiger partial charge in [-0.15, -0.1) is 0 Å². The molecule has 0 atom stereocenters. The van der Waals surface area contributed by atoms with Crippen molar-refractivity contribution in [3.63, 3.8) is 0 Å². The molecule has 0 fully saturated rings. The Morgan fingerprint density at radius 1 is 1.57 bits per heavy atom. The Bertz CT molecular complexity index is 248. The largest absolute Gasteiger partial charge is 0.494 e. The summed E-state index contributed by atoms with van der Waals surface area (Å²) in [5, 5.41) is 2.63. The molecule has 0 saturated carbocycles. The summed E-state index contributed by atoms with van der Waals surface area (Å²) >= 11 is 0. The normalized spacial score (nSPS) is 15.6. The molecule has 1 aliphatic heterocycles. The van der Waals surface area contributed by atoms with Gasteiger partial charge in [-0.05, 0) is 0 Å². The van der Waals surface area contributed by atoms with Crippen LogP contribution in [0.1, 0.15) is 0 Å². The fraction of sp³-hybridized carbons (Fsp3) is 0.444. The van der Waals surface area contributed by atoms with Crippen molar-refractivity contribution in [1.29, 1.82) is 0 Å². The third kappa shape index (κ3) is 3.49. The van der Waals surface area contributed by atoms with Crippen molar-refractivity contribution in [1.82, 2.24) is 5.32 Å². The zero-order valence-electron chi connectivity index (χ0n) is 7.86. The van der Waals surface area contributed by atoms with E-state index in [0.717, 1.165) is 0 Å². The van der Waals surface area contributed by atoms with Crippen LogP contribution in [0, 0.1) is 0 Å². The van der Waals surface area contributed by atoms with Crippen LogP contribution in [0.3, 0.4) is 0 Å². The Hall–Kier alpha value is -1.49. The van der Waals surface area contributed by atoms with Crippen molar-refractivity contribution in [3.05, 3.63) is 24.2 Å². The van der Waals surface area contributed by atoms with Crippen LogP contribution in [0.4, 0.5) is 0 Å². The summed E-state index contributed by atoms with van der Waals surface area (Å²) in [5.74, 6) is -0.0521. The van der Waals surface area contributed by atoms with Gasteiger partial charge in [-0.25, -0.2) is 0 Å². The number of ether oxygens (including phenoxy) is 2. The number of amides is 1. The molecule has 0 bridgehead atoms. The van der Waals surface area contributed by atoms with E-state index in [1.54, 1.807) is 12.2 Å². The number of rotatable bonds is 4. The molecule has 0 unspecified atom stereocenters. The summed E-state index contributed by atoms with van der Waals surface area (Å²) in [5.41, 5.74) is 5.23. The second kappa shape index (κ2) is 6.04. The molecule has 5 nitrogen and oxygen atoms in total. The quantitative estimate of drug-likeness (QED) is 0.597. The molecular weight excluding hydrogens is 184 g/mol. The Balaban J connectivity index is 2.27. The van der Waals surface area contributed by atoms with E-state index in [1.807, 2.05) is 0 Å². The van der Waals surface area contributed by atoms with Crippen LogP contribution in [0.15, 0.2) is 24.2 Å². The Kier molecular flexibility index (Phi) is 4.57. The van der Waals surface area contributed by atoms with Gasteiger partial charge >= 0.3 is 0 Å². The smallest absolute Gasteiger partial charge is 0.289 e. The molecule has 0 aliphatic carbocycles. The van der Waals surface area contributed by atoms with Crippen LogP contribution >= 0.6 is 0 Å². The number of nitrogens with one attached hydrogen (secondary N) is 1. The number of hydrogen-bond donors (Lipinski definition) is 2. The summed E-state index contributed by atoms with van der Waals surface area (Å²) < 4.78 is 10.0. The Labute approximate surface area is 82.6 Å². The highest BCUT2D eigenvalue weighted by atomic mass is 16.6. The van der Waals surface area contributed by atoms with E-state index in [2.05, 4.69) is 5.32 Å². The van der Waals surface area contributed by atoms with Crippen molar-refractivity contribution in [2.75, 3.05) is 26.3 Å². The molecule has 1 heterocycles. The highest BCUT2D eigenvalue weighted by Gasteiger charge is 2.13. The molecule has 0 radical (unpaired) electrons. The maximum absolute atomic E-state index is 11.3. The van der Waals surface area contributed by atoms with Gasteiger partial charge in [0, 0.05) is 13.1 Å². The number of hydrogen-bond acceptors (Lipinski definition) is 4. The molecule has 0 aromatic carbocycles. The van der Waals surface area contributed by atoms with Gasteiger partial charge in [-0.1, -0.05) is 12.2 Å². The first-order valence-corrected chi connectivity index (χ1v) is 4.42. The third-order valence-electron chi connectivity index (χ3n) is 1.56. The van der Waals surface area contributed by atoms with E-state index in [0.29, 0.717) is 26.3 Å². The zero-order chi connectivity index (χ0) is 10.2. The fourth-order valence-corrected chi connectivity index (χ4v) is 0.906. The maximum atomic E-state index is 11.3. The maximum Gasteiger partial charge on any atom is 0.289 e. The monoisotopic (exact) mass is 198 g/mol. The fourth-order valence-electron chi connectivity index (χ4n) is 0.906. The Morgan fingerprint density at radius 3 is 3.07 bits per heavy atom. The molecule has 1 rings (SSSR count). The third-order valence-corrected chi connectivity index (χ3v) is 1.56. The van der Waals surface area contributed by atoms with E-state index >= 15 is 0 Å². The van der Waals surface area contributed by atoms with Gasteiger partial charge in [0.15, 0.2) is 0 Å². The van der Waals surface area contributed by atoms with Crippen molar-refractivity contribution in [2.24, 2.45) is 5.73 Å².